The molecule has 158 valence electrons. The van der Waals surface area contributed by atoms with Crippen molar-refractivity contribution >= 4 is 11.6 Å². The predicted octanol–water partition coefficient (Wildman–Crippen LogP) is 2.18. The van der Waals surface area contributed by atoms with E-state index in [-0.39, 0.29) is 23.5 Å². The molecule has 2 heterocycles. The van der Waals surface area contributed by atoms with Crippen LogP contribution in [0, 0.1) is 0 Å². The molecule has 0 aliphatic carbocycles. The lowest BCUT2D eigenvalue weighted by Gasteiger charge is -2.08. The Morgan fingerprint density at radius 2 is 1.77 bits per heavy atom. The highest BCUT2D eigenvalue weighted by molar-refractivity contribution is 5.76. The smallest absolute Gasteiger partial charge is 0.300 e. The van der Waals surface area contributed by atoms with Crippen molar-refractivity contribution in [3.8, 4) is 11.4 Å². The van der Waals surface area contributed by atoms with Crippen molar-refractivity contribution in [3.05, 3.63) is 88.7 Å². The Morgan fingerprint density at radius 3 is 2.52 bits per heavy atom. The number of hydrogen-bond acceptors (Lipinski definition) is 5. The second-order valence-electron chi connectivity index (χ2n) is 7.07. The molecule has 2 aromatic carbocycles. The van der Waals surface area contributed by atoms with Crippen LogP contribution >= 0.6 is 0 Å². The highest BCUT2D eigenvalue weighted by atomic mass is 16.5. The third kappa shape index (κ3) is 4.63. The first-order valence-corrected chi connectivity index (χ1v) is 10.1. The first kappa shape index (κ1) is 20.3. The number of aromatic nitrogens is 4. The Hall–Kier alpha value is -3.94. The van der Waals surface area contributed by atoms with Gasteiger partial charge in [-0.15, -0.1) is 10.2 Å². The molecule has 8 nitrogen and oxygen atoms in total. The molecule has 1 amide bonds. The largest absolute Gasteiger partial charge is 0.497 e. The molecule has 0 fully saturated rings. The number of nitrogens with one attached hydrogen (secondary N) is 1. The van der Waals surface area contributed by atoms with Crippen molar-refractivity contribution in [2.24, 2.45) is 0 Å². The number of amides is 1. The number of methoxy groups -OCH3 is 1. The van der Waals surface area contributed by atoms with Crippen LogP contribution in [0.2, 0.25) is 0 Å². The SMILES string of the molecule is COc1ccc(-n2ccn3c(CCC(=O)NCCc4ccccc4)nnc3c2=O)cc1. The highest BCUT2D eigenvalue weighted by Crippen LogP contribution is 2.14. The standard InChI is InChI=1S/C23H23N5O3/c1-31-19-9-7-18(8-10-19)27-15-16-28-20(25-26-22(28)23(27)30)11-12-21(29)24-14-13-17-5-3-2-4-6-17/h2-10,15-16H,11-14H2,1H3,(H,24,29). The van der Waals surface area contributed by atoms with Crippen molar-refractivity contribution in [2.45, 2.75) is 19.3 Å². The van der Waals surface area contributed by atoms with Crippen LogP contribution in [0.25, 0.3) is 11.3 Å². The summed E-state index contributed by atoms with van der Waals surface area (Å²) in [6.07, 6.45) is 4.86. The van der Waals surface area contributed by atoms with Gasteiger partial charge in [-0.05, 0) is 36.2 Å². The number of fused-ring (bicyclic) bond motifs is 1. The van der Waals surface area contributed by atoms with Crippen molar-refractivity contribution < 1.29 is 9.53 Å². The van der Waals surface area contributed by atoms with Gasteiger partial charge in [0.25, 0.3) is 0 Å². The minimum Gasteiger partial charge on any atom is -0.497 e. The molecule has 0 bridgehead atoms. The van der Waals surface area contributed by atoms with Crippen molar-refractivity contribution in [1.29, 1.82) is 0 Å². The van der Waals surface area contributed by atoms with Gasteiger partial charge in [-0.1, -0.05) is 30.3 Å². The highest BCUT2D eigenvalue weighted by Gasteiger charge is 2.13. The van der Waals surface area contributed by atoms with Crippen LogP contribution < -0.4 is 15.6 Å². The van der Waals surface area contributed by atoms with Gasteiger partial charge in [0, 0.05) is 37.5 Å². The molecular weight excluding hydrogens is 394 g/mol. The van der Waals surface area contributed by atoms with Gasteiger partial charge in [-0.2, -0.15) is 0 Å². The molecule has 8 heteroatoms. The van der Waals surface area contributed by atoms with Gasteiger partial charge in [0.1, 0.15) is 11.6 Å². The second-order valence-corrected chi connectivity index (χ2v) is 7.07. The van der Waals surface area contributed by atoms with E-state index in [1.165, 1.54) is 10.1 Å². The molecule has 0 spiro atoms. The number of ether oxygens (including phenoxy) is 1. The Morgan fingerprint density at radius 1 is 1.00 bits per heavy atom. The summed E-state index contributed by atoms with van der Waals surface area (Å²) in [6.45, 7) is 0.579. The van der Waals surface area contributed by atoms with Gasteiger partial charge in [0.2, 0.25) is 11.6 Å². The van der Waals surface area contributed by atoms with Crippen LogP contribution in [-0.4, -0.2) is 38.7 Å². The lowest BCUT2D eigenvalue weighted by molar-refractivity contribution is -0.121. The molecule has 4 rings (SSSR count). The number of carbonyl (C=O) groups is 1. The topological polar surface area (TPSA) is 90.5 Å². The first-order valence-electron chi connectivity index (χ1n) is 10.1. The summed E-state index contributed by atoms with van der Waals surface area (Å²) in [5.74, 6) is 1.23. The van der Waals surface area contributed by atoms with Gasteiger partial charge in [-0.25, -0.2) is 0 Å². The summed E-state index contributed by atoms with van der Waals surface area (Å²) in [5.41, 5.74) is 1.83. The Bertz CT molecular complexity index is 1230. The van der Waals surface area contributed by atoms with Crippen molar-refractivity contribution in [1.82, 2.24) is 24.5 Å². The van der Waals surface area contributed by atoms with E-state index in [0.717, 1.165) is 6.42 Å². The maximum Gasteiger partial charge on any atom is 0.300 e. The van der Waals surface area contributed by atoms with Gasteiger partial charge in [0.05, 0.1) is 7.11 Å². The van der Waals surface area contributed by atoms with Crippen LogP contribution in [0.5, 0.6) is 5.75 Å². The molecular formula is C23H23N5O3. The molecule has 1 N–H and O–H groups in total. The van der Waals surface area contributed by atoms with Crippen LogP contribution in [0.4, 0.5) is 0 Å². The summed E-state index contributed by atoms with van der Waals surface area (Å²) in [7, 11) is 1.59. The molecule has 0 aliphatic rings. The third-order valence-electron chi connectivity index (χ3n) is 5.05. The fourth-order valence-corrected chi connectivity index (χ4v) is 3.36. The average Bonchev–Trinajstić information content (AvgIpc) is 3.23. The molecule has 2 aromatic heterocycles. The number of aryl methyl sites for hydroxylation is 1. The fourth-order valence-electron chi connectivity index (χ4n) is 3.36. The molecule has 0 atom stereocenters. The fraction of sp³-hybridized carbons (Fsp3) is 0.217. The van der Waals surface area contributed by atoms with E-state index < -0.39 is 0 Å². The second kappa shape index (κ2) is 9.25. The van der Waals surface area contributed by atoms with Gasteiger partial charge in [-0.3, -0.25) is 18.6 Å². The summed E-state index contributed by atoms with van der Waals surface area (Å²) < 4.78 is 8.30. The predicted molar refractivity (Wildman–Crippen MR) is 117 cm³/mol. The van der Waals surface area contributed by atoms with Crippen LogP contribution in [-0.2, 0) is 17.6 Å². The lowest BCUT2D eigenvalue weighted by atomic mass is 10.1. The third-order valence-corrected chi connectivity index (χ3v) is 5.05. The van der Waals surface area contributed by atoms with Gasteiger partial charge >= 0.3 is 5.56 Å². The van der Waals surface area contributed by atoms with E-state index in [1.807, 2.05) is 30.3 Å². The van der Waals surface area contributed by atoms with Crippen molar-refractivity contribution in [2.75, 3.05) is 13.7 Å². The molecule has 31 heavy (non-hydrogen) atoms. The maximum atomic E-state index is 12.8. The summed E-state index contributed by atoms with van der Waals surface area (Å²) >= 11 is 0. The van der Waals surface area contributed by atoms with E-state index in [4.69, 9.17) is 4.74 Å². The molecule has 4 aromatic rings. The van der Waals surface area contributed by atoms with E-state index in [0.29, 0.717) is 30.2 Å². The average molecular weight is 417 g/mol. The number of carbonyl (C=O) groups excluding carboxylic acids is 1. The van der Waals surface area contributed by atoms with Crippen LogP contribution in [0.1, 0.15) is 17.8 Å². The number of hydrogen-bond donors (Lipinski definition) is 1. The minimum atomic E-state index is -0.279. The number of benzene rings is 2. The quantitative estimate of drug-likeness (QED) is 0.475. The first-order chi connectivity index (χ1) is 15.2. The molecule has 0 saturated heterocycles. The molecule has 0 unspecified atom stereocenters. The summed E-state index contributed by atoms with van der Waals surface area (Å²) in [5, 5.41) is 11.1. The van der Waals surface area contributed by atoms with E-state index in [9.17, 15) is 9.59 Å². The zero-order valence-electron chi connectivity index (χ0n) is 17.2. The van der Waals surface area contributed by atoms with E-state index in [2.05, 4.69) is 15.5 Å². The zero-order chi connectivity index (χ0) is 21.6. The lowest BCUT2D eigenvalue weighted by Crippen LogP contribution is -2.26. The van der Waals surface area contributed by atoms with Gasteiger partial charge in [0.15, 0.2) is 0 Å². The monoisotopic (exact) mass is 417 g/mol. The van der Waals surface area contributed by atoms with Crippen molar-refractivity contribution in [3.63, 3.8) is 0 Å². The number of rotatable bonds is 8. The Kier molecular flexibility index (Phi) is 6.07. The minimum absolute atomic E-state index is 0.0562. The van der Waals surface area contributed by atoms with E-state index >= 15 is 0 Å². The van der Waals surface area contributed by atoms with E-state index in [1.54, 1.807) is 48.2 Å². The molecule has 0 aliphatic heterocycles. The molecule has 0 saturated carbocycles. The Labute approximate surface area is 179 Å². The maximum absolute atomic E-state index is 12.8. The van der Waals surface area contributed by atoms with Gasteiger partial charge < -0.3 is 10.1 Å². The van der Waals surface area contributed by atoms with Crippen LogP contribution in [0.3, 0.4) is 0 Å². The number of nitrogens with zero attached hydrogens (tertiary/aromatic N) is 4. The van der Waals surface area contributed by atoms with Crippen LogP contribution in [0.15, 0.2) is 71.8 Å². The zero-order valence-corrected chi connectivity index (χ0v) is 17.2. The molecule has 0 radical (unpaired) electrons. The summed E-state index contributed by atoms with van der Waals surface area (Å²) in [4.78, 5) is 25.0. The normalized spacial score (nSPS) is 10.9. The Balaban J connectivity index is 1.40. The summed E-state index contributed by atoms with van der Waals surface area (Å²) in [6, 6.07) is 17.2.